The van der Waals surface area contributed by atoms with Gasteiger partial charge in [0.05, 0.1) is 5.54 Å². The Morgan fingerprint density at radius 2 is 1.16 bits per heavy atom. The van der Waals surface area contributed by atoms with E-state index in [1.807, 2.05) is 0 Å². The summed E-state index contributed by atoms with van der Waals surface area (Å²) in [5, 5.41) is 2.54. The van der Waals surface area contributed by atoms with Gasteiger partial charge in [-0.25, -0.2) is 0 Å². The Balaban J connectivity index is 1.86. The molecular formula is C31H35N. The summed E-state index contributed by atoms with van der Waals surface area (Å²) >= 11 is 0. The number of hydrogen-bond acceptors (Lipinski definition) is 1. The predicted octanol–water partition coefficient (Wildman–Crippen LogP) is 8.99. The van der Waals surface area contributed by atoms with Gasteiger partial charge in [-0.3, -0.25) is 0 Å². The van der Waals surface area contributed by atoms with Crippen LogP contribution in [0.2, 0.25) is 0 Å². The Morgan fingerprint density at radius 1 is 0.562 bits per heavy atom. The van der Waals surface area contributed by atoms with Crippen molar-refractivity contribution in [2.24, 2.45) is 0 Å². The fourth-order valence-corrected chi connectivity index (χ4v) is 4.59. The van der Waals surface area contributed by atoms with Crippen LogP contribution in [0.4, 0.5) is 11.4 Å². The number of hydrogen-bond donors (Lipinski definition) is 0. The molecule has 0 bridgehead atoms. The van der Waals surface area contributed by atoms with Gasteiger partial charge in [0, 0.05) is 11.4 Å². The number of nitrogens with zero attached hydrogens (tertiary/aromatic N) is 1. The van der Waals surface area contributed by atoms with Crippen LogP contribution in [0.1, 0.15) is 58.6 Å². The molecule has 32 heavy (non-hydrogen) atoms. The van der Waals surface area contributed by atoms with Gasteiger partial charge in [0.15, 0.2) is 0 Å². The molecule has 164 valence electrons. The zero-order valence-electron chi connectivity index (χ0n) is 20.1. The van der Waals surface area contributed by atoms with Crippen molar-refractivity contribution in [3.05, 3.63) is 108 Å². The molecule has 0 N–H and O–H groups in total. The van der Waals surface area contributed by atoms with E-state index in [1.54, 1.807) is 0 Å². The van der Waals surface area contributed by atoms with Crippen LogP contribution in [-0.2, 0) is 11.0 Å². The van der Waals surface area contributed by atoms with Gasteiger partial charge in [-0.2, -0.15) is 0 Å². The van der Waals surface area contributed by atoms with Crippen molar-refractivity contribution in [3.8, 4) is 0 Å². The Hall–Kier alpha value is -3.06. The van der Waals surface area contributed by atoms with Crippen molar-refractivity contribution in [3.63, 3.8) is 0 Å². The van der Waals surface area contributed by atoms with E-state index in [1.165, 1.54) is 33.3 Å². The number of fused-ring (bicyclic) bond motifs is 1. The Kier molecular flexibility index (Phi) is 6.11. The molecule has 1 nitrogen and oxygen atoms in total. The molecule has 0 radical (unpaired) electrons. The van der Waals surface area contributed by atoms with Gasteiger partial charge in [-0.15, -0.1) is 0 Å². The van der Waals surface area contributed by atoms with Crippen molar-refractivity contribution in [2.75, 3.05) is 4.90 Å². The molecule has 0 saturated heterocycles. The summed E-state index contributed by atoms with van der Waals surface area (Å²) in [5.74, 6) is 0. The van der Waals surface area contributed by atoms with E-state index in [0.29, 0.717) is 0 Å². The average Bonchev–Trinajstić information content (AvgIpc) is 2.84. The minimum atomic E-state index is -0.182. The van der Waals surface area contributed by atoms with Crippen molar-refractivity contribution < 1.29 is 0 Å². The highest BCUT2D eigenvalue weighted by atomic mass is 15.2. The second kappa shape index (κ2) is 8.82. The molecule has 4 rings (SSSR count). The fourth-order valence-electron chi connectivity index (χ4n) is 4.59. The van der Waals surface area contributed by atoms with E-state index in [2.05, 4.69) is 137 Å². The SMILES string of the molecule is CCC(C)(C)c1ccc(C(C)(CC)N(c2ccccc2)c2ccc3ccccc3c2)cc1. The van der Waals surface area contributed by atoms with Gasteiger partial charge in [0.2, 0.25) is 0 Å². The summed E-state index contributed by atoms with van der Waals surface area (Å²) in [4.78, 5) is 2.51. The summed E-state index contributed by atoms with van der Waals surface area (Å²) in [6.45, 7) is 11.6. The maximum atomic E-state index is 2.51. The van der Waals surface area contributed by atoms with Crippen molar-refractivity contribution >= 4 is 22.1 Å². The highest BCUT2D eigenvalue weighted by Gasteiger charge is 2.34. The largest absolute Gasteiger partial charge is 0.331 e. The average molecular weight is 422 g/mol. The molecule has 0 spiro atoms. The summed E-state index contributed by atoms with van der Waals surface area (Å²) < 4.78 is 0. The number of anilines is 2. The molecule has 0 aliphatic heterocycles. The molecule has 1 atom stereocenters. The zero-order chi connectivity index (χ0) is 22.8. The van der Waals surface area contributed by atoms with Crippen LogP contribution in [0.25, 0.3) is 10.8 Å². The van der Waals surface area contributed by atoms with Crippen LogP contribution in [0.3, 0.4) is 0 Å². The van der Waals surface area contributed by atoms with Crippen LogP contribution >= 0.6 is 0 Å². The summed E-state index contributed by atoms with van der Waals surface area (Å²) in [6.07, 6.45) is 2.12. The third kappa shape index (κ3) is 4.05. The maximum absolute atomic E-state index is 2.51. The number of para-hydroxylation sites is 1. The molecule has 0 fully saturated rings. The van der Waals surface area contributed by atoms with Gasteiger partial charge in [-0.05, 0) is 71.3 Å². The monoisotopic (exact) mass is 421 g/mol. The first-order chi connectivity index (χ1) is 15.4. The summed E-state index contributed by atoms with van der Waals surface area (Å²) in [5.41, 5.74) is 5.19. The van der Waals surface area contributed by atoms with Gasteiger partial charge in [0.25, 0.3) is 0 Å². The third-order valence-electron chi connectivity index (χ3n) is 7.36. The lowest BCUT2D eigenvalue weighted by atomic mass is 9.79. The summed E-state index contributed by atoms with van der Waals surface area (Å²) in [7, 11) is 0. The minimum absolute atomic E-state index is 0.182. The molecule has 4 aromatic rings. The fraction of sp³-hybridized carbons (Fsp3) is 0.290. The topological polar surface area (TPSA) is 3.24 Å². The second-order valence-electron chi connectivity index (χ2n) is 9.64. The zero-order valence-corrected chi connectivity index (χ0v) is 20.1. The van der Waals surface area contributed by atoms with E-state index in [-0.39, 0.29) is 11.0 Å². The highest BCUT2D eigenvalue weighted by molar-refractivity contribution is 5.87. The number of benzene rings is 4. The van der Waals surface area contributed by atoms with Crippen LogP contribution in [0, 0.1) is 0 Å². The predicted molar refractivity (Wildman–Crippen MR) is 140 cm³/mol. The molecule has 1 unspecified atom stereocenters. The first kappa shape index (κ1) is 22.1. The van der Waals surface area contributed by atoms with E-state index in [0.717, 1.165) is 12.8 Å². The Bertz CT molecular complexity index is 1170. The van der Waals surface area contributed by atoms with Crippen LogP contribution < -0.4 is 4.90 Å². The summed E-state index contributed by atoms with van der Waals surface area (Å²) in [6, 6.07) is 35.6. The number of rotatable bonds is 7. The van der Waals surface area contributed by atoms with Gasteiger partial charge in [0.1, 0.15) is 0 Å². The van der Waals surface area contributed by atoms with E-state index in [4.69, 9.17) is 0 Å². The second-order valence-corrected chi connectivity index (χ2v) is 9.64. The van der Waals surface area contributed by atoms with Gasteiger partial charge < -0.3 is 4.90 Å². The molecule has 1 heteroatoms. The molecule has 4 aromatic carbocycles. The van der Waals surface area contributed by atoms with Crippen LogP contribution in [0.5, 0.6) is 0 Å². The van der Waals surface area contributed by atoms with Crippen LogP contribution in [-0.4, -0.2) is 0 Å². The van der Waals surface area contributed by atoms with Crippen molar-refractivity contribution in [2.45, 2.75) is 58.4 Å². The molecule has 0 saturated carbocycles. The minimum Gasteiger partial charge on any atom is -0.331 e. The Labute approximate surface area is 193 Å². The standard InChI is InChI=1S/C31H35N/c1-6-30(3,4)26-18-20-27(21-19-26)31(5,7-2)32(28-15-9-8-10-16-28)29-22-17-24-13-11-12-14-25(24)23-29/h8-23H,6-7H2,1-5H3. The highest BCUT2D eigenvalue weighted by Crippen LogP contribution is 2.43. The Morgan fingerprint density at radius 3 is 1.78 bits per heavy atom. The van der Waals surface area contributed by atoms with E-state index < -0.39 is 0 Å². The van der Waals surface area contributed by atoms with Crippen molar-refractivity contribution in [1.82, 2.24) is 0 Å². The normalized spacial score (nSPS) is 13.7. The van der Waals surface area contributed by atoms with Crippen molar-refractivity contribution in [1.29, 1.82) is 0 Å². The molecule has 0 aliphatic carbocycles. The lowest BCUT2D eigenvalue weighted by Crippen LogP contribution is -2.40. The first-order valence-electron chi connectivity index (χ1n) is 11.8. The van der Waals surface area contributed by atoms with Gasteiger partial charge >= 0.3 is 0 Å². The van der Waals surface area contributed by atoms with E-state index >= 15 is 0 Å². The smallest absolute Gasteiger partial charge is 0.0671 e. The molecule has 0 heterocycles. The molecule has 0 aromatic heterocycles. The van der Waals surface area contributed by atoms with Crippen LogP contribution in [0.15, 0.2) is 97.1 Å². The third-order valence-corrected chi connectivity index (χ3v) is 7.36. The lowest BCUT2D eigenvalue weighted by Gasteiger charge is -2.43. The van der Waals surface area contributed by atoms with Gasteiger partial charge in [-0.1, -0.05) is 100 Å². The molecule has 0 aliphatic rings. The molecule has 0 amide bonds. The first-order valence-corrected chi connectivity index (χ1v) is 11.8. The maximum Gasteiger partial charge on any atom is 0.0671 e. The lowest BCUT2D eigenvalue weighted by molar-refractivity contribution is 0.462. The van der Waals surface area contributed by atoms with E-state index in [9.17, 15) is 0 Å². The molecular weight excluding hydrogens is 386 g/mol. The quantitative estimate of drug-likeness (QED) is 0.288.